The van der Waals surface area contributed by atoms with Gasteiger partial charge in [-0.1, -0.05) is 6.07 Å². The molecule has 0 aliphatic rings. The second kappa shape index (κ2) is 6.65. The molecule has 0 bridgehead atoms. The van der Waals surface area contributed by atoms with Crippen molar-refractivity contribution in [3.63, 3.8) is 0 Å². The van der Waals surface area contributed by atoms with Crippen LogP contribution in [0.2, 0.25) is 0 Å². The highest BCUT2D eigenvalue weighted by Crippen LogP contribution is 2.18. The van der Waals surface area contributed by atoms with E-state index in [9.17, 15) is 0 Å². The summed E-state index contributed by atoms with van der Waals surface area (Å²) >= 11 is 0. The number of aromatic nitrogens is 3. The lowest BCUT2D eigenvalue weighted by Gasteiger charge is -2.17. The van der Waals surface area contributed by atoms with Gasteiger partial charge in [-0.15, -0.1) is 0 Å². The third kappa shape index (κ3) is 3.62. The molecule has 2 aromatic heterocycles. The Balaban J connectivity index is 2.16. The van der Waals surface area contributed by atoms with Gasteiger partial charge in [0.1, 0.15) is 12.1 Å². The minimum atomic E-state index is -0.0780. The van der Waals surface area contributed by atoms with Crippen molar-refractivity contribution in [2.24, 2.45) is 0 Å². The van der Waals surface area contributed by atoms with E-state index < -0.39 is 0 Å². The minimum absolute atomic E-state index is 0.0780. The standard InChI is InChI=1S/C13H16N4O2/c1-18-8-11(10-5-3-4-6-14-10)17-12-7-13(19-2)16-9-15-12/h3-7,9,11H,8H2,1-2H3,(H,15,16,17). The van der Waals surface area contributed by atoms with Crippen molar-refractivity contribution in [2.45, 2.75) is 6.04 Å². The second-order valence-corrected chi connectivity index (χ2v) is 3.85. The maximum absolute atomic E-state index is 5.21. The van der Waals surface area contributed by atoms with E-state index in [4.69, 9.17) is 9.47 Å². The van der Waals surface area contributed by atoms with Gasteiger partial charge in [-0.3, -0.25) is 4.98 Å². The molecule has 0 amide bonds. The normalized spacial score (nSPS) is 11.9. The largest absolute Gasteiger partial charge is 0.481 e. The van der Waals surface area contributed by atoms with Crippen LogP contribution in [-0.4, -0.2) is 35.8 Å². The third-order valence-electron chi connectivity index (χ3n) is 2.55. The Morgan fingerprint density at radius 3 is 2.79 bits per heavy atom. The topological polar surface area (TPSA) is 69.2 Å². The molecule has 2 aromatic rings. The predicted molar refractivity (Wildman–Crippen MR) is 71.1 cm³/mol. The van der Waals surface area contributed by atoms with Crippen LogP contribution in [0.15, 0.2) is 36.8 Å². The number of hydrogen-bond donors (Lipinski definition) is 1. The molecule has 0 saturated heterocycles. The summed E-state index contributed by atoms with van der Waals surface area (Å²) < 4.78 is 10.3. The van der Waals surface area contributed by atoms with E-state index in [1.54, 1.807) is 26.5 Å². The summed E-state index contributed by atoms with van der Waals surface area (Å²) in [6.07, 6.45) is 3.20. The van der Waals surface area contributed by atoms with Crippen LogP contribution < -0.4 is 10.1 Å². The number of ether oxygens (including phenoxy) is 2. The molecule has 1 atom stereocenters. The predicted octanol–water partition coefficient (Wildman–Crippen LogP) is 1.68. The molecule has 0 spiro atoms. The van der Waals surface area contributed by atoms with Gasteiger partial charge in [0.25, 0.3) is 0 Å². The molecule has 100 valence electrons. The average molecular weight is 260 g/mol. The van der Waals surface area contributed by atoms with Gasteiger partial charge in [-0.2, -0.15) is 0 Å². The van der Waals surface area contributed by atoms with E-state index in [0.717, 1.165) is 5.69 Å². The SMILES string of the molecule is COCC(Nc1cc(OC)ncn1)c1ccccn1. The fraction of sp³-hybridized carbons (Fsp3) is 0.308. The first kappa shape index (κ1) is 13.2. The highest BCUT2D eigenvalue weighted by Gasteiger charge is 2.13. The smallest absolute Gasteiger partial charge is 0.218 e. The molecule has 0 radical (unpaired) electrons. The molecule has 19 heavy (non-hydrogen) atoms. The van der Waals surface area contributed by atoms with Gasteiger partial charge in [0.2, 0.25) is 5.88 Å². The van der Waals surface area contributed by atoms with Crippen molar-refractivity contribution in [1.29, 1.82) is 0 Å². The quantitative estimate of drug-likeness (QED) is 0.852. The van der Waals surface area contributed by atoms with E-state index in [0.29, 0.717) is 18.3 Å². The van der Waals surface area contributed by atoms with E-state index in [1.165, 1.54) is 6.33 Å². The number of pyridine rings is 1. The third-order valence-corrected chi connectivity index (χ3v) is 2.55. The lowest BCUT2D eigenvalue weighted by atomic mass is 10.2. The number of rotatable bonds is 6. The average Bonchev–Trinajstić information content (AvgIpc) is 2.48. The number of anilines is 1. The Morgan fingerprint density at radius 2 is 2.11 bits per heavy atom. The van der Waals surface area contributed by atoms with Crippen molar-refractivity contribution < 1.29 is 9.47 Å². The summed E-state index contributed by atoms with van der Waals surface area (Å²) in [5.74, 6) is 1.18. The maximum Gasteiger partial charge on any atom is 0.218 e. The van der Waals surface area contributed by atoms with Crippen LogP contribution >= 0.6 is 0 Å². The number of hydrogen-bond acceptors (Lipinski definition) is 6. The van der Waals surface area contributed by atoms with Gasteiger partial charge in [0.15, 0.2) is 0 Å². The summed E-state index contributed by atoms with van der Waals surface area (Å²) in [4.78, 5) is 12.4. The first-order valence-electron chi connectivity index (χ1n) is 5.86. The van der Waals surface area contributed by atoms with Crippen LogP contribution in [0.4, 0.5) is 5.82 Å². The first-order valence-corrected chi connectivity index (χ1v) is 5.86. The first-order chi connectivity index (χ1) is 9.33. The van der Waals surface area contributed by atoms with E-state index in [-0.39, 0.29) is 6.04 Å². The number of methoxy groups -OCH3 is 2. The zero-order chi connectivity index (χ0) is 13.5. The lowest BCUT2D eigenvalue weighted by molar-refractivity contribution is 0.185. The lowest BCUT2D eigenvalue weighted by Crippen LogP contribution is -2.18. The molecular weight excluding hydrogens is 244 g/mol. The zero-order valence-corrected chi connectivity index (χ0v) is 10.9. The van der Waals surface area contributed by atoms with Crippen molar-refractivity contribution in [1.82, 2.24) is 15.0 Å². The van der Waals surface area contributed by atoms with Crippen LogP contribution in [0.25, 0.3) is 0 Å². The van der Waals surface area contributed by atoms with Gasteiger partial charge >= 0.3 is 0 Å². The molecule has 1 unspecified atom stereocenters. The molecule has 0 aliphatic heterocycles. The molecule has 6 heteroatoms. The molecule has 1 N–H and O–H groups in total. The molecule has 0 fully saturated rings. The molecule has 2 rings (SSSR count). The number of nitrogens with zero attached hydrogens (tertiary/aromatic N) is 3. The van der Waals surface area contributed by atoms with Crippen molar-refractivity contribution in [3.8, 4) is 5.88 Å². The maximum atomic E-state index is 5.21. The van der Waals surface area contributed by atoms with Crippen molar-refractivity contribution in [2.75, 3.05) is 26.1 Å². The Kier molecular flexibility index (Phi) is 4.63. The van der Waals surface area contributed by atoms with E-state index in [1.807, 2.05) is 18.2 Å². The highest BCUT2D eigenvalue weighted by atomic mass is 16.5. The van der Waals surface area contributed by atoms with E-state index in [2.05, 4.69) is 20.3 Å². The van der Waals surface area contributed by atoms with Crippen LogP contribution in [-0.2, 0) is 4.74 Å². The van der Waals surface area contributed by atoms with Crippen LogP contribution in [0.1, 0.15) is 11.7 Å². The van der Waals surface area contributed by atoms with Gasteiger partial charge < -0.3 is 14.8 Å². The summed E-state index contributed by atoms with van der Waals surface area (Å²) in [6, 6.07) is 7.40. The molecule has 6 nitrogen and oxygen atoms in total. The van der Waals surface area contributed by atoms with Gasteiger partial charge in [-0.05, 0) is 12.1 Å². The Morgan fingerprint density at radius 1 is 1.21 bits per heavy atom. The Labute approximate surface area is 111 Å². The summed E-state index contributed by atoms with van der Waals surface area (Å²) in [5, 5.41) is 3.25. The molecule has 2 heterocycles. The molecular formula is C13H16N4O2. The molecule has 0 saturated carbocycles. The molecule has 0 aliphatic carbocycles. The second-order valence-electron chi connectivity index (χ2n) is 3.85. The summed E-state index contributed by atoms with van der Waals surface area (Å²) in [6.45, 7) is 0.489. The monoisotopic (exact) mass is 260 g/mol. The minimum Gasteiger partial charge on any atom is -0.481 e. The highest BCUT2D eigenvalue weighted by molar-refractivity contribution is 5.39. The van der Waals surface area contributed by atoms with Gasteiger partial charge in [-0.25, -0.2) is 9.97 Å². The zero-order valence-electron chi connectivity index (χ0n) is 10.9. The van der Waals surface area contributed by atoms with Crippen LogP contribution in [0.3, 0.4) is 0 Å². The summed E-state index contributed by atoms with van der Waals surface area (Å²) in [5.41, 5.74) is 0.891. The van der Waals surface area contributed by atoms with Gasteiger partial charge in [0.05, 0.1) is 25.5 Å². The Bertz CT molecular complexity index is 507. The van der Waals surface area contributed by atoms with Crippen molar-refractivity contribution >= 4 is 5.82 Å². The fourth-order valence-electron chi connectivity index (χ4n) is 1.66. The van der Waals surface area contributed by atoms with Crippen molar-refractivity contribution in [3.05, 3.63) is 42.5 Å². The van der Waals surface area contributed by atoms with Crippen LogP contribution in [0, 0.1) is 0 Å². The fourth-order valence-corrected chi connectivity index (χ4v) is 1.66. The molecule has 0 aromatic carbocycles. The number of nitrogens with one attached hydrogen (secondary N) is 1. The van der Waals surface area contributed by atoms with Crippen LogP contribution in [0.5, 0.6) is 5.88 Å². The van der Waals surface area contributed by atoms with E-state index >= 15 is 0 Å². The Hall–Kier alpha value is -2.21. The van der Waals surface area contributed by atoms with Gasteiger partial charge in [0, 0.05) is 19.4 Å². The summed E-state index contributed by atoms with van der Waals surface area (Å²) in [7, 11) is 3.22.